The van der Waals surface area contributed by atoms with Crippen molar-refractivity contribution in [1.29, 1.82) is 0 Å². The largest absolute Gasteiger partial charge is 0.481 e. The third kappa shape index (κ3) is 3.32. The van der Waals surface area contributed by atoms with E-state index in [0.29, 0.717) is 25.1 Å². The quantitative estimate of drug-likeness (QED) is 0.770. The van der Waals surface area contributed by atoms with Crippen molar-refractivity contribution in [3.63, 3.8) is 0 Å². The van der Waals surface area contributed by atoms with Crippen molar-refractivity contribution in [3.05, 3.63) is 53.9 Å². The number of carboxylic acid groups (broad SMARTS) is 1. The van der Waals surface area contributed by atoms with Crippen molar-refractivity contribution in [2.24, 2.45) is 5.41 Å². The molecule has 1 saturated heterocycles. The topological polar surface area (TPSA) is 89.5 Å². The molecule has 0 aliphatic carbocycles. The molecule has 1 aliphatic rings. The van der Waals surface area contributed by atoms with Crippen molar-refractivity contribution in [2.45, 2.75) is 25.5 Å². The van der Waals surface area contributed by atoms with Crippen LogP contribution >= 0.6 is 0 Å². The molecule has 1 aromatic heterocycles. The first-order valence-electron chi connectivity index (χ1n) is 7.86. The summed E-state index contributed by atoms with van der Waals surface area (Å²) >= 11 is 0. The average molecular weight is 333 g/mol. The monoisotopic (exact) mass is 333 g/mol. The number of piperidine rings is 1. The van der Waals surface area contributed by atoms with Gasteiger partial charge in [-0.1, -0.05) is 12.1 Å². The van der Waals surface area contributed by atoms with Crippen LogP contribution in [-0.2, 0) is 17.8 Å². The highest BCUT2D eigenvalue weighted by Gasteiger charge is 2.49. The molecule has 0 unspecified atom stereocenters. The van der Waals surface area contributed by atoms with E-state index in [1.165, 1.54) is 12.1 Å². The van der Waals surface area contributed by atoms with E-state index in [0.717, 1.165) is 5.82 Å². The van der Waals surface area contributed by atoms with E-state index in [-0.39, 0.29) is 18.8 Å². The molecule has 3 rings (SSSR count). The molecule has 2 aromatic rings. The summed E-state index contributed by atoms with van der Waals surface area (Å²) in [7, 11) is 0. The third-order valence-electron chi connectivity index (χ3n) is 4.65. The zero-order valence-electron chi connectivity index (χ0n) is 13.2. The number of carbonyl (C=O) groups is 1. The second kappa shape index (κ2) is 6.70. The zero-order chi connectivity index (χ0) is 17.2. The minimum Gasteiger partial charge on any atom is -0.481 e. The van der Waals surface area contributed by atoms with Crippen molar-refractivity contribution in [3.8, 4) is 0 Å². The number of aromatic nitrogens is 2. The van der Waals surface area contributed by atoms with Crippen LogP contribution in [0.15, 0.2) is 36.7 Å². The Balaban J connectivity index is 1.82. The smallest absolute Gasteiger partial charge is 0.313 e. The standard InChI is InChI=1S/C17H20FN3O3/c18-13-3-1-12(2-4-13)9-17(16(23)24)11-21(8-5-14(17)22)10-15-19-6-7-20-15/h1-4,6-7,14,22H,5,8-11H2,(H,19,20)(H,23,24)/t14-,17-/m1/s1. The van der Waals surface area contributed by atoms with Crippen LogP contribution in [0.5, 0.6) is 0 Å². The van der Waals surface area contributed by atoms with Crippen LogP contribution in [0.4, 0.5) is 4.39 Å². The number of nitrogens with one attached hydrogen (secondary N) is 1. The van der Waals surface area contributed by atoms with Crippen LogP contribution in [0.2, 0.25) is 0 Å². The van der Waals surface area contributed by atoms with Gasteiger partial charge in [0.2, 0.25) is 0 Å². The molecule has 1 aliphatic heterocycles. The lowest BCUT2D eigenvalue weighted by Gasteiger charge is -2.43. The van der Waals surface area contributed by atoms with Gasteiger partial charge in [-0.2, -0.15) is 0 Å². The minimum absolute atomic E-state index is 0.151. The summed E-state index contributed by atoms with van der Waals surface area (Å²) < 4.78 is 13.1. The highest BCUT2D eigenvalue weighted by atomic mass is 19.1. The summed E-state index contributed by atoms with van der Waals surface area (Å²) in [5.74, 6) is -0.650. The van der Waals surface area contributed by atoms with E-state index in [2.05, 4.69) is 9.97 Å². The Bertz CT molecular complexity index is 690. The number of nitrogens with zero attached hydrogens (tertiary/aromatic N) is 2. The molecule has 0 saturated carbocycles. The average Bonchev–Trinajstić information content (AvgIpc) is 3.05. The number of rotatable bonds is 5. The highest BCUT2D eigenvalue weighted by Crippen LogP contribution is 2.35. The van der Waals surface area contributed by atoms with E-state index >= 15 is 0 Å². The number of aromatic amines is 1. The summed E-state index contributed by atoms with van der Waals surface area (Å²) in [6.45, 7) is 1.31. The number of aliphatic hydroxyl groups is 1. The fourth-order valence-corrected chi connectivity index (χ4v) is 3.32. The Morgan fingerprint density at radius 1 is 1.42 bits per heavy atom. The van der Waals surface area contributed by atoms with Gasteiger partial charge in [0.25, 0.3) is 0 Å². The summed E-state index contributed by atoms with van der Waals surface area (Å²) in [6, 6.07) is 5.75. The van der Waals surface area contributed by atoms with Gasteiger partial charge in [0, 0.05) is 25.5 Å². The Hall–Kier alpha value is -2.25. The molecule has 7 heteroatoms. The SMILES string of the molecule is O=C(O)[C@]1(Cc2ccc(F)cc2)CN(Cc2ncc[nH]2)CC[C@H]1O. The molecule has 2 atom stereocenters. The van der Waals surface area contributed by atoms with E-state index < -0.39 is 17.5 Å². The lowest BCUT2D eigenvalue weighted by atomic mass is 9.73. The first-order chi connectivity index (χ1) is 11.5. The number of benzene rings is 1. The van der Waals surface area contributed by atoms with Gasteiger partial charge in [-0.05, 0) is 30.5 Å². The molecule has 0 radical (unpaired) electrons. The molecular weight excluding hydrogens is 313 g/mol. The second-order valence-electron chi connectivity index (χ2n) is 6.32. The Morgan fingerprint density at radius 3 is 2.79 bits per heavy atom. The first-order valence-corrected chi connectivity index (χ1v) is 7.86. The first kappa shape index (κ1) is 16.6. The molecule has 1 aromatic carbocycles. The van der Waals surface area contributed by atoms with Crippen LogP contribution in [0.3, 0.4) is 0 Å². The number of halogens is 1. The highest BCUT2D eigenvalue weighted by molar-refractivity contribution is 5.76. The van der Waals surface area contributed by atoms with E-state index in [1.54, 1.807) is 24.5 Å². The number of imidazole rings is 1. The fourth-order valence-electron chi connectivity index (χ4n) is 3.32. The summed E-state index contributed by atoms with van der Waals surface area (Å²) in [5.41, 5.74) is -0.624. The number of aliphatic carboxylic acids is 1. The van der Waals surface area contributed by atoms with E-state index in [1.807, 2.05) is 4.90 Å². The van der Waals surface area contributed by atoms with Crippen LogP contribution in [0.25, 0.3) is 0 Å². The molecule has 128 valence electrons. The van der Waals surface area contributed by atoms with Crippen molar-refractivity contribution in [2.75, 3.05) is 13.1 Å². The maximum Gasteiger partial charge on any atom is 0.313 e. The number of hydrogen-bond donors (Lipinski definition) is 3. The van der Waals surface area contributed by atoms with Crippen molar-refractivity contribution < 1.29 is 19.4 Å². The fraction of sp³-hybridized carbons (Fsp3) is 0.412. The maximum absolute atomic E-state index is 13.1. The number of likely N-dealkylation sites (tertiary alicyclic amines) is 1. The number of hydrogen-bond acceptors (Lipinski definition) is 4. The zero-order valence-corrected chi connectivity index (χ0v) is 13.2. The maximum atomic E-state index is 13.1. The number of aliphatic hydroxyl groups excluding tert-OH is 1. The van der Waals surface area contributed by atoms with Gasteiger partial charge >= 0.3 is 5.97 Å². The second-order valence-corrected chi connectivity index (χ2v) is 6.32. The van der Waals surface area contributed by atoms with E-state index in [9.17, 15) is 19.4 Å². The van der Waals surface area contributed by atoms with Crippen molar-refractivity contribution in [1.82, 2.24) is 14.9 Å². The van der Waals surface area contributed by atoms with Crippen LogP contribution < -0.4 is 0 Å². The Morgan fingerprint density at radius 2 is 2.17 bits per heavy atom. The van der Waals surface area contributed by atoms with Crippen LogP contribution in [0, 0.1) is 11.2 Å². The van der Waals surface area contributed by atoms with Gasteiger partial charge in [-0.15, -0.1) is 0 Å². The summed E-state index contributed by atoms with van der Waals surface area (Å²) in [5, 5.41) is 20.3. The van der Waals surface area contributed by atoms with Crippen LogP contribution in [-0.4, -0.2) is 50.2 Å². The normalized spacial score (nSPS) is 24.8. The molecule has 2 heterocycles. The molecular formula is C17H20FN3O3. The minimum atomic E-state index is -1.32. The lowest BCUT2D eigenvalue weighted by molar-refractivity contribution is -0.163. The van der Waals surface area contributed by atoms with Gasteiger partial charge in [0.05, 0.1) is 12.6 Å². The Kier molecular flexibility index (Phi) is 4.64. The number of carboxylic acids is 1. The van der Waals surface area contributed by atoms with Crippen LogP contribution in [0.1, 0.15) is 17.8 Å². The molecule has 0 bridgehead atoms. The van der Waals surface area contributed by atoms with Gasteiger partial charge in [-0.3, -0.25) is 9.69 Å². The summed E-state index contributed by atoms with van der Waals surface area (Å²) in [6.07, 6.45) is 2.94. The molecule has 6 nitrogen and oxygen atoms in total. The van der Waals surface area contributed by atoms with Gasteiger partial charge in [-0.25, -0.2) is 9.37 Å². The molecule has 0 spiro atoms. The lowest BCUT2D eigenvalue weighted by Crippen LogP contribution is -2.56. The van der Waals surface area contributed by atoms with Gasteiger partial charge in [0.1, 0.15) is 17.1 Å². The molecule has 0 amide bonds. The summed E-state index contributed by atoms with van der Waals surface area (Å²) in [4.78, 5) is 21.2. The van der Waals surface area contributed by atoms with E-state index in [4.69, 9.17) is 0 Å². The molecule has 3 N–H and O–H groups in total. The molecule has 24 heavy (non-hydrogen) atoms. The predicted octanol–water partition coefficient (Wildman–Crippen LogP) is 1.43. The third-order valence-corrected chi connectivity index (χ3v) is 4.65. The van der Waals surface area contributed by atoms with Gasteiger partial charge < -0.3 is 15.2 Å². The Labute approximate surface area is 139 Å². The van der Waals surface area contributed by atoms with Crippen molar-refractivity contribution >= 4 is 5.97 Å². The molecule has 1 fully saturated rings. The number of H-pyrrole nitrogens is 1. The van der Waals surface area contributed by atoms with Gasteiger partial charge in [0.15, 0.2) is 0 Å². The predicted molar refractivity (Wildman–Crippen MR) is 84.7 cm³/mol.